The van der Waals surface area contributed by atoms with Crippen LogP contribution in [0.15, 0.2) is 53.5 Å². The Morgan fingerprint density at radius 3 is 2.36 bits per heavy atom. The first-order chi connectivity index (χ1) is 13.3. The standard InChI is InChI=1S/C24H31N3O/c1-17(2)13-26(15-20-7-9-21(10-8-20)18(3)4)16-22-12-24(28)27-14-19(5)6-11-23(27)25-22/h6-12,14,17-18H,13,15-16H2,1-5H3. The van der Waals surface area contributed by atoms with E-state index in [0.717, 1.165) is 24.3 Å². The van der Waals surface area contributed by atoms with Crippen molar-refractivity contribution >= 4 is 5.65 Å². The average Bonchev–Trinajstić information content (AvgIpc) is 2.62. The van der Waals surface area contributed by atoms with E-state index < -0.39 is 0 Å². The van der Waals surface area contributed by atoms with Gasteiger partial charge in [0.2, 0.25) is 0 Å². The highest BCUT2D eigenvalue weighted by atomic mass is 16.1. The summed E-state index contributed by atoms with van der Waals surface area (Å²) in [4.78, 5) is 19.6. The fourth-order valence-electron chi connectivity index (χ4n) is 3.54. The van der Waals surface area contributed by atoms with Gasteiger partial charge in [-0.1, -0.05) is 58.0 Å². The van der Waals surface area contributed by atoms with Gasteiger partial charge >= 0.3 is 0 Å². The van der Waals surface area contributed by atoms with Gasteiger partial charge in [-0.2, -0.15) is 0 Å². The molecule has 0 saturated carbocycles. The molecule has 0 aliphatic heterocycles. The fraction of sp³-hybridized carbons (Fsp3) is 0.417. The van der Waals surface area contributed by atoms with E-state index in [1.54, 1.807) is 10.5 Å². The van der Waals surface area contributed by atoms with Gasteiger partial charge in [0.1, 0.15) is 5.65 Å². The Morgan fingerprint density at radius 2 is 1.71 bits per heavy atom. The lowest BCUT2D eigenvalue weighted by atomic mass is 10.0. The van der Waals surface area contributed by atoms with Crippen LogP contribution in [0.25, 0.3) is 5.65 Å². The van der Waals surface area contributed by atoms with Crippen molar-refractivity contribution in [1.29, 1.82) is 0 Å². The van der Waals surface area contributed by atoms with Gasteiger partial charge in [0, 0.05) is 31.9 Å². The Labute approximate surface area is 167 Å². The van der Waals surface area contributed by atoms with Crippen LogP contribution in [-0.2, 0) is 13.1 Å². The van der Waals surface area contributed by atoms with Crippen LogP contribution in [0.1, 0.15) is 56.0 Å². The summed E-state index contributed by atoms with van der Waals surface area (Å²) in [5.41, 5.74) is 5.22. The van der Waals surface area contributed by atoms with Crippen molar-refractivity contribution in [2.24, 2.45) is 5.92 Å². The number of pyridine rings is 1. The van der Waals surface area contributed by atoms with Gasteiger partial charge in [-0.25, -0.2) is 4.98 Å². The first kappa shape index (κ1) is 20.3. The maximum atomic E-state index is 12.5. The van der Waals surface area contributed by atoms with Crippen LogP contribution in [0.4, 0.5) is 0 Å². The van der Waals surface area contributed by atoms with Crippen LogP contribution < -0.4 is 5.56 Å². The Morgan fingerprint density at radius 1 is 1.00 bits per heavy atom. The monoisotopic (exact) mass is 377 g/mol. The summed E-state index contributed by atoms with van der Waals surface area (Å²) in [6.07, 6.45) is 1.84. The van der Waals surface area contributed by atoms with Crippen molar-refractivity contribution in [2.75, 3.05) is 6.54 Å². The first-order valence-electron chi connectivity index (χ1n) is 10.1. The molecule has 0 bridgehead atoms. The molecule has 3 aromatic rings. The van der Waals surface area contributed by atoms with E-state index in [1.807, 2.05) is 25.3 Å². The summed E-state index contributed by atoms with van der Waals surface area (Å²) in [5.74, 6) is 1.08. The van der Waals surface area contributed by atoms with Crippen LogP contribution in [0.5, 0.6) is 0 Å². The summed E-state index contributed by atoms with van der Waals surface area (Å²) in [6, 6.07) is 14.4. The third-order valence-corrected chi connectivity index (χ3v) is 4.92. The van der Waals surface area contributed by atoms with Gasteiger partial charge in [0.05, 0.1) is 5.69 Å². The predicted octanol–water partition coefficient (Wildman–Crippen LogP) is 4.78. The van der Waals surface area contributed by atoms with Crippen molar-refractivity contribution in [3.8, 4) is 0 Å². The number of benzene rings is 1. The zero-order valence-electron chi connectivity index (χ0n) is 17.6. The molecule has 28 heavy (non-hydrogen) atoms. The van der Waals surface area contributed by atoms with E-state index in [-0.39, 0.29) is 5.56 Å². The number of hydrogen-bond acceptors (Lipinski definition) is 3. The quantitative estimate of drug-likeness (QED) is 0.594. The fourth-order valence-corrected chi connectivity index (χ4v) is 3.54. The number of aryl methyl sites for hydroxylation is 1. The highest BCUT2D eigenvalue weighted by molar-refractivity contribution is 5.40. The van der Waals surface area contributed by atoms with Crippen molar-refractivity contribution < 1.29 is 0 Å². The Balaban J connectivity index is 1.83. The molecule has 0 fully saturated rings. The van der Waals surface area contributed by atoms with Gasteiger partial charge < -0.3 is 0 Å². The minimum absolute atomic E-state index is 0.0190. The molecule has 0 amide bonds. The number of fused-ring (bicyclic) bond motifs is 1. The molecule has 0 radical (unpaired) electrons. The molecular weight excluding hydrogens is 346 g/mol. The van der Waals surface area contributed by atoms with Gasteiger partial charge in [0.15, 0.2) is 0 Å². The Hall–Kier alpha value is -2.46. The largest absolute Gasteiger partial charge is 0.293 e. The molecule has 4 nitrogen and oxygen atoms in total. The SMILES string of the molecule is Cc1ccc2nc(CN(Cc3ccc(C(C)C)cc3)CC(C)C)cc(=O)n2c1. The summed E-state index contributed by atoms with van der Waals surface area (Å²) < 4.78 is 1.62. The second-order valence-corrected chi connectivity index (χ2v) is 8.48. The second kappa shape index (κ2) is 8.70. The summed E-state index contributed by atoms with van der Waals surface area (Å²) >= 11 is 0. The van der Waals surface area contributed by atoms with Crippen LogP contribution >= 0.6 is 0 Å². The molecule has 0 unspecified atom stereocenters. The van der Waals surface area contributed by atoms with E-state index in [2.05, 4.69) is 56.9 Å². The molecule has 1 aromatic carbocycles. The summed E-state index contributed by atoms with van der Waals surface area (Å²) in [7, 11) is 0. The predicted molar refractivity (Wildman–Crippen MR) is 116 cm³/mol. The average molecular weight is 378 g/mol. The maximum Gasteiger partial charge on any atom is 0.258 e. The molecule has 2 heterocycles. The molecule has 4 heteroatoms. The van der Waals surface area contributed by atoms with Gasteiger partial charge in [0.25, 0.3) is 5.56 Å². The minimum Gasteiger partial charge on any atom is -0.293 e. The molecule has 2 aromatic heterocycles. The van der Waals surface area contributed by atoms with Crippen LogP contribution in [0.3, 0.4) is 0 Å². The maximum absolute atomic E-state index is 12.5. The Bertz CT molecular complexity index is 987. The van der Waals surface area contributed by atoms with Crippen molar-refractivity contribution in [3.05, 3.63) is 81.4 Å². The molecule has 3 rings (SSSR count). The number of aromatic nitrogens is 2. The third-order valence-electron chi connectivity index (χ3n) is 4.92. The summed E-state index contributed by atoms with van der Waals surface area (Å²) in [6.45, 7) is 13.3. The molecule has 0 aliphatic carbocycles. The molecule has 0 saturated heterocycles. The minimum atomic E-state index is -0.0190. The topological polar surface area (TPSA) is 37.6 Å². The van der Waals surface area contributed by atoms with E-state index in [9.17, 15) is 4.79 Å². The number of rotatable bonds is 7. The lowest BCUT2D eigenvalue weighted by Gasteiger charge is -2.24. The summed E-state index contributed by atoms with van der Waals surface area (Å²) in [5, 5.41) is 0. The van der Waals surface area contributed by atoms with Crippen LogP contribution in [-0.4, -0.2) is 20.8 Å². The number of hydrogen-bond donors (Lipinski definition) is 0. The van der Waals surface area contributed by atoms with Crippen LogP contribution in [0, 0.1) is 12.8 Å². The van der Waals surface area contributed by atoms with Gasteiger partial charge in [-0.15, -0.1) is 0 Å². The third kappa shape index (κ3) is 5.08. The highest BCUT2D eigenvalue weighted by Crippen LogP contribution is 2.17. The number of nitrogens with zero attached hydrogens (tertiary/aromatic N) is 3. The van der Waals surface area contributed by atoms with Crippen molar-refractivity contribution in [1.82, 2.24) is 14.3 Å². The molecule has 0 N–H and O–H groups in total. The normalized spacial score (nSPS) is 11.9. The smallest absolute Gasteiger partial charge is 0.258 e. The molecule has 148 valence electrons. The molecular formula is C24H31N3O. The van der Waals surface area contributed by atoms with Crippen LogP contribution in [0.2, 0.25) is 0 Å². The Kier molecular flexibility index (Phi) is 6.30. The lowest BCUT2D eigenvalue weighted by Crippen LogP contribution is -2.28. The van der Waals surface area contributed by atoms with Gasteiger partial charge in [-0.3, -0.25) is 14.1 Å². The van der Waals surface area contributed by atoms with E-state index >= 15 is 0 Å². The molecule has 0 aliphatic rings. The van der Waals surface area contributed by atoms with E-state index in [1.165, 1.54) is 11.1 Å². The second-order valence-electron chi connectivity index (χ2n) is 8.48. The van der Waals surface area contributed by atoms with Gasteiger partial charge in [-0.05, 0) is 41.5 Å². The van der Waals surface area contributed by atoms with E-state index in [4.69, 9.17) is 4.98 Å². The molecule has 0 atom stereocenters. The molecule has 0 spiro atoms. The van der Waals surface area contributed by atoms with E-state index in [0.29, 0.717) is 24.0 Å². The zero-order chi connectivity index (χ0) is 20.3. The lowest BCUT2D eigenvalue weighted by molar-refractivity contribution is 0.225. The zero-order valence-corrected chi connectivity index (χ0v) is 17.6. The highest BCUT2D eigenvalue weighted by Gasteiger charge is 2.12. The van der Waals surface area contributed by atoms with Crippen molar-refractivity contribution in [3.63, 3.8) is 0 Å². The van der Waals surface area contributed by atoms with Crippen molar-refractivity contribution in [2.45, 2.75) is 53.6 Å². The first-order valence-corrected chi connectivity index (χ1v) is 10.1.